The van der Waals surface area contributed by atoms with Crippen LogP contribution in [0.3, 0.4) is 0 Å². The number of aliphatic hydroxyl groups excluding tert-OH is 3. The smallest absolute Gasteiger partial charge is 0.326 e. The molecule has 25 nitrogen and oxygen atoms in total. The molecule has 14 rings (SSSR count). The molecule has 34 heteroatoms. The molecule has 7 heterocycles. The number of carbonyl (C=O) groups is 2. The Balaban J connectivity index is 0.000000202. The SMILES string of the molecule is CB1O[C@@H](CN)c2ccc(NCC(=O)O)cc21.CB1O[C@H](CN)c2ccc(NCC(=O)O)cc21.CC[C@@H]1OB(C)c2cc(NCN)ccc21.CC[C@@H]1OB(C)c2cc(NCO)ccc21.CC[C@H]1OB(C)c2c(NCO)cccc21.CC[C@H]1OB(C)c2cc(NCN)ccc21.CC[C@H]1OB(C)c2cc(NCO)ccc21.[Rf].[Rf]. The van der Waals surface area contributed by atoms with E-state index in [2.05, 4.69) is 173 Å². The van der Waals surface area contributed by atoms with Crippen LogP contribution < -0.4 is 98.4 Å². The summed E-state index contributed by atoms with van der Waals surface area (Å²) in [7, 11) is 0. The van der Waals surface area contributed by atoms with E-state index in [9.17, 15) is 9.59 Å². The molecule has 7 aromatic rings. The largest absolute Gasteiger partial charge is 0.480 e. The molecule has 0 aliphatic carbocycles. The topological polar surface area (TPSA) is 388 Å². The average molecular weight is 2030 g/mol. The van der Waals surface area contributed by atoms with Crippen LogP contribution in [0, 0.1) is 0 Å². The van der Waals surface area contributed by atoms with E-state index in [1.165, 1.54) is 55.1 Å². The normalized spacial score (nSPS) is 18.4. The Hall–Kier alpha value is -10.0. The number of aliphatic hydroxyl groups is 3. The van der Waals surface area contributed by atoms with Gasteiger partial charge in [-0.2, -0.15) is 0 Å². The molecular formula is C77H112B7N11O14Rf2. The van der Waals surface area contributed by atoms with Crippen molar-refractivity contribution in [3.63, 3.8) is 0 Å². The molecule has 0 aromatic heterocycles. The number of fused-ring (bicyclic) bond motifs is 7. The van der Waals surface area contributed by atoms with E-state index in [0.29, 0.717) is 26.4 Å². The molecule has 20 N–H and O–H groups in total. The molecule has 0 saturated carbocycles. The Morgan fingerprint density at radius 2 is 0.577 bits per heavy atom. The molecular weight excluding hydrogens is 1910 g/mol. The number of anilines is 7. The maximum absolute atomic E-state index is 10.5. The van der Waals surface area contributed by atoms with Crippen LogP contribution in [0.4, 0.5) is 39.8 Å². The number of aliphatic carboxylic acids is 2. The molecule has 7 aromatic carbocycles. The minimum Gasteiger partial charge on any atom is -0.480 e. The Labute approximate surface area is 646 Å². The number of benzene rings is 7. The summed E-state index contributed by atoms with van der Waals surface area (Å²) in [4.78, 5) is 20.9. The first-order valence-corrected chi connectivity index (χ1v) is 38.3. The van der Waals surface area contributed by atoms with Gasteiger partial charge in [-0.1, -0.05) is 131 Å². The maximum atomic E-state index is 10.5. The minimum absolute atomic E-state index is 0. The zero-order valence-corrected chi connectivity index (χ0v) is 79.5. The van der Waals surface area contributed by atoms with E-state index in [1.54, 1.807) is 0 Å². The first kappa shape index (κ1) is 89.9. The summed E-state index contributed by atoms with van der Waals surface area (Å²) in [6.45, 7) is 27.4. The zero-order chi connectivity index (χ0) is 79.0. The van der Waals surface area contributed by atoms with Crippen LogP contribution in [0.25, 0.3) is 0 Å². The second-order valence-electron chi connectivity index (χ2n) is 27.5. The van der Waals surface area contributed by atoms with E-state index in [-0.39, 0.29) is 124 Å². The average Bonchev–Trinajstić information content (AvgIpc) is 1.57. The molecule has 7 atom stereocenters. The van der Waals surface area contributed by atoms with Gasteiger partial charge in [0.15, 0.2) is 0 Å². The molecule has 0 amide bonds. The van der Waals surface area contributed by atoms with Crippen molar-refractivity contribution in [1.29, 1.82) is 0 Å². The van der Waals surface area contributed by atoms with Gasteiger partial charge in [0.1, 0.15) is 33.3 Å². The van der Waals surface area contributed by atoms with E-state index in [1.807, 2.05) is 74.3 Å². The molecule has 0 spiro atoms. The van der Waals surface area contributed by atoms with Gasteiger partial charge in [0.05, 0.1) is 56.1 Å². The predicted octanol–water partition coefficient (Wildman–Crippen LogP) is 6.81. The van der Waals surface area contributed by atoms with Crippen LogP contribution in [-0.4, -0.2) is 146 Å². The second kappa shape index (κ2) is 43.5. The first-order valence-electron chi connectivity index (χ1n) is 38.3. The van der Waals surface area contributed by atoms with Crippen molar-refractivity contribution in [3.8, 4) is 0 Å². The number of hydrogen-bond donors (Lipinski definition) is 16. The van der Waals surface area contributed by atoms with Gasteiger partial charge in [-0.15, -0.1) is 0 Å². The molecule has 0 saturated heterocycles. The van der Waals surface area contributed by atoms with Gasteiger partial charge in [-0.3, -0.25) is 9.59 Å². The summed E-state index contributed by atoms with van der Waals surface area (Å²) in [5.74, 6) is -1.76. The molecule has 0 radical (unpaired) electrons. The molecule has 111 heavy (non-hydrogen) atoms. The number of nitrogens with two attached hydrogens (primary N) is 4. The van der Waals surface area contributed by atoms with Crippen LogP contribution >= 0.6 is 0 Å². The van der Waals surface area contributed by atoms with Crippen LogP contribution in [0.2, 0.25) is 47.8 Å². The van der Waals surface area contributed by atoms with Crippen LogP contribution in [-0.2, 0) is 42.2 Å². The zero-order valence-electron chi connectivity index (χ0n) is 66.7. The van der Waals surface area contributed by atoms with E-state index < -0.39 is 11.9 Å². The number of rotatable bonds is 23. The third-order valence-electron chi connectivity index (χ3n) is 20.3. The van der Waals surface area contributed by atoms with Crippen molar-refractivity contribution in [2.24, 2.45) is 22.9 Å². The maximum Gasteiger partial charge on any atom is 0.326 e. The summed E-state index contributed by atoms with van der Waals surface area (Å²) < 4.78 is 40.6. The van der Waals surface area contributed by atoms with Crippen LogP contribution in [0.15, 0.2) is 127 Å². The number of carboxylic acid groups (broad SMARTS) is 2. The number of hydrogen-bond acceptors (Lipinski definition) is 23. The van der Waals surface area contributed by atoms with E-state index in [4.69, 9.17) is 81.0 Å². The fourth-order valence-corrected chi connectivity index (χ4v) is 15.0. The molecule has 7 aliphatic heterocycles. The second-order valence-corrected chi connectivity index (χ2v) is 27.5. The van der Waals surface area contributed by atoms with Gasteiger partial charge in [0, 0.05) is 52.9 Å². The predicted molar refractivity (Wildman–Crippen MR) is 450 cm³/mol. The summed E-state index contributed by atoms with van der Waals surface area (Å²) >= 11 is 0. The van der Waals surface area contributed by atoms with Crippen molar-refractivity contribution in [1.82, 2.24) is 0 Å². The van der Waals surface area contributed by atoms with Crippen molar-refractivity contribution < 1.29 is 67.7 Å². The van der Waals surface area contributed by atoms with Gasteiger partial charge < -0.3 is 118 Å². The van der Waals surface area contributed by atoms with Gasteiger partial charge in [0.2, 0.25) is 0 Å². The van der Waals surface area contributed by atoms with Gasteiger partial charge in [-0.25, -0.2) is 0 Å². The fraction of sp³-hybridized carbons (Fsp3) is 0.429. The molecule has 0 unspecified atom stereocenters. The quantitative estimate of drug-likeness (QED) is 0.0231. The summed E-state index contributed by atoms with van der Waals surface area (Å²) in [6.07, 6.45) is 6.16. The molecule has 0 bridgehead atoms. The Kier molecular flexibility index (Phi) is 35.3. The minimum atomic E-state index is -0.880. The Bertz CT molecular complexity index is 3750. The van der Waals surface area contributed by atoms with Crippen molar-refractivity contribution in [2.45, 2.75) is 157 Å². The third kappa shape index (κ3) is 22.8. The Morgan fingerprint density at radius 3 is 0.829 bits per heavy atom. The summed E-state index contributed by atoms with van der Waals surface area (Å²) in [5.41, 5.74) is 45.9. The summed E-state index contributed by atoms with van der Waals surface area (Å²) in [6, 6.07) is 42.5. The molecule has 7 aliphatic rings. The van der Waals surface area contributed by atoms with Gasteiger partial charge >= 0.3 is 60.3 Å². The fourth-order valence-electron chi connectivity index (χ4n) is 15.0. The first-order chi connectivity index (χ1) is 52.5. The van der Waals surface area contributed by atoms with Gasteiger partial charge in [-0.05, 0) is 188 Å². The van der Waals surface area contributed by atoms with Gasteiger partial charge in [0.25, 0.3) is 0 Å². The Morgan fingerprint density at radius 1 is 0.333 bits per heavy atom. The van der Waals surface area contributed by atoms with Crippen LogP contribution in [0.1, 0.15) is 148 Å². The van der Waals surface area contributed by atoms with Crippen molar-refractivity contribution in [2.75, 3.05) is 96.9 Å². The van der Waals surface area contributed by atoms with Crippen LogP contribution in [0.5, 0.6) is 0 Å². The molecule has 584 valence electrons. The number of carboxylic acids is 2. The monoisotopic (exact) mass is 2030 g/mol. The number of nitrogens with one attached hydrogen (secondary N) is 7. The van der Waals surface area contributed by atoms with E-state index in [0.717, 1.165) is 94.0 Å². The summed E-state index contributed by atoms with van der Waals surface area (Å²) in [5, 5.41) is 64.3. The molecule has 0 fully saturated rings. The standard InChI is InChI=1S/2C11H15BN2O3.2C11H17BN2O.3C11H16BNO2.2Rf/c2*1-12-9-4-7(14-6-11(15)16)2-3-8(9)10(5-13)17-12;2*1-3-11-9-5-4-8(14-7-13)6-10(9)12(2)15-11;2*1-3-11-9-5-4-8(13-7-14)6-10(9)12(2)15-11;1-3-10-8-5-4-6-9(13-7-14)11(8)12(2)15-10;;/h2*2-4,10,14H,5-6,13H2,1H3,(H,15,16);2*4-6,11,14H,3,7,13H2,1-2H3;2*4-6,11,13-14H,3,7H2,1-2H3;4-6,10,13-14H,3,7H2,1-2H3;;/t2*10-;4*11-;10-;;/m1010101../s1. The van der Waals surface area contributed by atoms with E-state index >= 15 is 0 Å². The van der Waals surface area contributed by atoms with Crippen molar-refractivity contribution in [3.05, 3.63) is 166 Å². The van der Waals surface area contributed by atoms with Crippen molar-refractivity contribution >= 4 is 138 Å². The third-order valence-corrected chi connectivity index (χ3v) is 20.3.